The monoisotopic (exact) mass is 2370 g/mol. The summed E-state index contributed by atoms with van der Waals surface area (Å²) < 4.78 is 73.5. The van der Waals surface area contributed by atoms with Crippen molar-refractivity contribution in [2.24, 2.45) is 0 Å². The molecule has 44 heteroatoms. The first-order valence-corrected chi connectivity index (χ1v) is 46.6. The van der Waals surface area contributed by atoms with Crippen LogP contribution in [0.15, 0.2) is 96.8 Å². The third-order valence-electron chi connectivity index (χ3n) is 16.6. The number of nitriles is 1. The molecule has 0 saturated carbocycles. The number of carboxylic acids is 1. The largest absolute Gasteiger partial charge is 1.00 e. The molecule has 9 rings (SSSR count). The molecule has 0 saturated heterocycles. The van der Waals surface area contributed by atoms with Crippen molar-refractivity contribution in [2.75, 3.05) is 84.2 Å². The number of fused-ring (bicyclic) bond motifs is 2. The van der Waals surface area contributed by atoms with Crippen molar-refractivity contribution in [3.63, 3.8) is 0 Å². The van der Waals surface area contributed by atoms with E-state index in [4.69, 9.17) is 167 Å². The minimum atomic E-state index is -1.61. The molecule has 0 aromatic heterocycles. The summed E-state index contributed by atoms with van der Waals surface area (Å²) in [6.07, 6.45) is 0.805. The van der Waals surface area contributed by atoms with Crippen LogP contribution in [0.4, 0.5) is 0 Å². The summed E-state index contributed by atoms with van der Waals surface area (Å²) in [5, 5.41) is 51.7. The van der Waals surface area contributed by atoms with E-state index in [0.29, 0.717) is 110 Å². The van der Waals surface area contributed by atoms with E-state index in [9.17, 15) is 47.9 Å². The molecule has 0 spiro atoms. The number of carbonyl (C=O) groups excluding carboxylic acids is 10. The summed E-state index contributed by atoms with van der Waals surface area (Å²) in [7, 11) is 12.2. The van der Waals surface area contributed by atoms with Crippen LogP contribution < -0.4 is 68.6 Å². The number of nitrogens with zero attached hydrogens (tertiary/aromatic N) is 2. The molecule has 2 heterocycles. The number of hydrogen-bond acceptors (Lipinski definition) is 30. The van der Waals surface area contributed by atoms with Crippen LogP contribution in [0.3, 0.4) is 0 Å². The molecule has 0 radical (unpaired) electrons. The van der Waals surface area contributed by atoms with E-state index >= 15 is 0 Å². The van der Waals surface area contributed by atoms with Gasteiger partial charge in [0.25, 0.3) is 21.0 Å². The number of aromatic hydroxyl groups is 1. The molecule has 0 fully saturated rings. The van der Waals surface area contributed by atoms with Crippen LogP contribution >= 0.6 is 138 Å². The van der Waals surface area contributed by atoms with E-state index in [2.05, 4.69) is 90.3 Å². The Labute approximate surface area is 901 Å². The van der Waals surface area contributed by atoms with Crippen molar-refractivity contribution in [3.8, 4) is 46.3 Å². The predicted octanol–water partition coefficient (Wildman–Crippen LogP) is 18.3. The van der Waals surface area contributed by atoms with Crippen LogP contribution in [0.25, 0.3) is 0 Å². The van der Waals surface area contributed by atoms with Gasteiger partial charge in [0, 0.05) is 63.0 Å². The maximum Gasteiger partial charge on any atom is 1.00 e. The second kappa shape index (κ2) is 72.3. The van der Waals surface area contributed by atoms with E-state index in [1.165, 1.54) is 74.6 Å². The Bertz CT molecular complexity index is 5100. The van der Waals surface area contributed by atoms with Gasteiger partial charge in [-0.15, -0.1) is 0 Å². The average molecular weight is 2380 g/mol. The zero-order chi connectivity index (χ0) is 107. The molecule has 7 aromatic carbocycles. The summed E-state index contributed by atoms with van der Waals surface area (Å²) in [5.41, 5.74) is 7.84. The summed E-state index contributed by atoms with van der Waals surface area (Å²) in [6.45, 7) is 35.1. The molecular weight excluding hydrogens is 2260 g/mol. The van der Waals surface area contributed by atoms with Crippen molar-refractivity contribution in [2.45, 2.75) is 183 Å². The standard InChI is InChI=1S/C15H17NO5.C14H17BrO5.C14H16ClNO4.C14H17NO4.C14H18O5.C10H12Br2O.C7H6Br2O.C2H4O2.CCl4.CN.2CH4O.CH4.Na/c1-9(2)21-10-7-12(14(17)19-3)11(5-6-16)13(8-10)15(18)20-4;1-8(2)20-9-5-10(13(16)18-3)12(7-15)11(6-9)14(17)19-4;1-7(2)20-10-6-9(14(18)19-3)8-4-5-16-13(17)11(8)12(10)15;1-8(2)19-9-6-11-10(4-5-15-13(11)16)12(7-9)14(17)18-3;1-8(2)19-10-6-11(13(15)17-4)9(3)12(7-10)14(16)18-5;1-6(2)13-8-4-9(11)7(3)10(12)5-8;1-4-6(8)2-5(10)3-7(4)9;1-2(3)4;2-1(3,4)5;3*1-2;;/h7-9H,5H2,1-4H3;5-6,8H,7H2,1-4H3;6-7H,4-5H2,1-3H3,(H,16,17);6-8H,4-5H2,1-3H3,(H,15,16);6-8H,1-5H3;4-6H,1-3H3;2-3,10H,1H3;1H3,(H,3,4);;;2*2H,1H3;1H4;/q;;;;;;;;;-1;;;;+1. The summed E-state index contributed by atoms with van der Waals surface area (Å²) in [6, 6.07) is 23.3. The molecular formula is C95H119Br5Cl5N4NaO29. The number of phenols is 1. The number of methoxy groups -OCH3 is 8. The normalized spacial score (nSPS) is 10.7. The number of phenolic OH excluding ortho intramolecular Hbond substituents is 1. The number of aliphatic carboxylic acids is 1. The predicted molar refractivity (Wildman–Crippen MR) is 544 cm³/mol. The number of benzene rings is 7. The van der Waals surface area contributed by atoms with Crippen LogP contribution in [0.2, 0.25) is 5.02 Å². The summed E-state index contributed by atoms with van der Waals surface area (Å²) in [4.78, 5) is 127. The van der Waals surface area contributed by atoms with Crippen LogP contribution in [0, 0.1) is 43.9 Å². The van der Waals surface area contributed by atoms with E-state index in [0.717, 1.165) is 55.9 Å². The van der Waals surface area contributed by atoms with Gasteiger partial charge >= 0.3 is 77.3 Å². The molecule has 2 amide bonds. The Morgan fingerprint density at radius 3 is 0.964 bits per heavy atom. The van der Waals surface area contributed by atoms with Crippen LogP contribution in [0.1, 0.15) is 240 Å². The van der Waals surface area contributed by atoms with Gasteiger partial charge in [0.15, 0.2) is 0 Å². The third-order valence-corrected chi connectivity index (χ3v) is 20.8. The number of nitrogens with one attached hydrogen (secondary N) is 2. The first kappa shape index (κ1) is 139. The molecule has 33 nitrogen and oxygen atoms in total. The number of aliphatic hydroxyl groups is 2. The fraction of sp³-hybridized carbons (Fsp3) is 0.421. The van der Waals surface area contributed by atoms with Crippen molar-refractivity contribution < 1.29 is 169 Å². The first-order chi connectivity index (χ1) is 64.1. The molecule has 0 unspecified atom stereocenters. The molecule has 139 heavy (non-hydrogen) atoms. The van der Waals surface area contributed by atoms with Crippen LogP contribution in [0.5, 0.6) is 40.2 Å². The minimum Gasteiger partial charge on any atom is -0.512 e. The van der Waals surface area contributed by atoms with Gasteiger partial charge in [0.05, 0.1) is 161 Å². The van der Waals surface area contributed by atoms with E-state index in [1.54, 1.807) is 61.5 Å². The number of ether oxygens (including phenoxy) is 14. The van der Waals surface area contributed by atoms with Gasteiger partial charge in [-0.2, -0.15) is 5.26 Å². The molecule has 7 aromatic rings. The number of rotatable bonds is 22. The maximum atomic E-state index is 12.0. The number of carboxylic acid groups (broad SMARTS) is 1. The number of carbonyl (C=O) groups is 11. The number of hydrogen-bond donors (Lipinski definition) is 6. The van der Waals surface area contributed by atoms with Gasteiger partial charge in [-0.1, -0.05) is 145 Å². The molecule has 764 valence electrons. The number of aliphatic hydroxyl groups excluding tert-OH is 2. The number of esters is 8. The number of alkyl halides is 5. The Morgan fingerprint density at radius 1 is 0.424 bits per heavy atom. The van der Waals surface area contributed by atoms with Crippen molar-refractivity contribution in [1.29, 1.82) is 10.5 Å². The van der Waals surface area contributed by atoms with Gasteiger partial charge in [0.1, 0.15) is 40.2 Å². The molecule has 0 bridgehead atoms. The second-order valence-corrected chi connectivity index (χ2v) is 36.4. The number of amides is 2. The zero-order valence-electron chi connectivity index (χ0n) is 81.4. The average Bonchev–Trinajstić information content (AvgIpc) is 0.767. The van der Waals surface area contributed by atoms with E-state index in [1.807, 2.05) is 115 Å². The first-order valence-electron chi connectivity index (χ1n) is 40.4. The van der Waals surface area contributed by atoms with Crippen LogP contribution in [-0.2, 0) is 67.3 Å². The van der Waals surface area contributed by atoms with Crippen LogP contribution in [-0.4, -0.2) is 210 Å². The molecule has 6 N–H and O–H groups in total. The topological polar surface area (TPSA) is 470 Å². The van der Waals surface area contributed by atoms with Gasteiger partial charge < -0.3 is 109 Å². The van der Waals surface area contributed by atoms with E-state index < -0.39 is 57.0 Å². The second-order valence-electron chi connectivity index (χ2n) is 28.6. The molecule has 2 aliphatic rings. The fourth-order valence-corrected chi connectivity index (χ4v) is 14.4. The van der Waals surface area contributed by atoms with Crippen molar-refractivity contribution >= 4 is 203 Å². The quantitative estimate of drug-likeness (QED) is 0.0121. The van der Waals surface area contributed by atoms with Crippen molar-refractivity contribution in [1.82, 2.24) is 10.6 Å². The Kier molecular flexibility index (Phi) is 72.1. The van der Waals surface area contributed by atoms with Gasteiger partial charge in [-0.3, -0.25) is 14.4 Å². The SMILES string of the molecule is C.CC(=O)O.CO.CO.COC(=O)c1cc(OC(C)C)c(Cl)c2c1CCNC2=O.COC(=O)c1cc(OC(C)C)cc(C(=O)OC)c1C.COC(=O)c1cc(OC(C)C)cc(C(=O)OC)c1CBr.COC(=O)c1cc(OC(C)C)cc(C(=O)OC)c1CC#N.COC(=O)c1cc(OC(C)C)cc2c1CCNC2=O.Cc1c(Br)cc(O)cc1Br.Cc1c(Br)cc(OC(C)C)cc1Br.ClC(Cl)(Cl)Cl.[C-]#N.[Na+]. The van der Waals surface area contributed by atoms with Gasteiger partial charge in [-0.25, -0.2) is 38.4 Å². The summed E-state index contributed by atoms with van der Waals surface area (Å²) in [5.74, 6) is -2.45. The van der Waals surface area contributed by atoms with Gasteiger partial charge in [0.2, 0.25) is 0 Å². The van der Waals surface area contributed by atoms with Gasteiger partial charge in [-0.05, 0) is 235 Å². The fourth-order valence-electron chi connectivity index (χ4n) is 11.2. The summed E-state index contributed by atoms with van der Waals surface area (Å²) >= 11 is 42.4. The Balaban J connectivity index is -0.000000492. The Morgan fingerprint density at radius 2 is 0.669 bits per heavy atom. The zero-order valence-corrected chi connectivity index (χ0v) is 95.1. The number of halogens is 10. The molecule has 2 aliphatic heterocycles. The molecule has 0 aliphatic carbocycles. The van der Waals surface area contributed by atoms with Crippen molar-refractivity contribution in [3.05, 3.63) is 203 Å². The minimum absolute atomic E-state index is 0. The molecule has 0 atom stereocenters. The smallest absolute Gasteiger partial charge is 0.512 e. The maximum absolute atomic E-state index is 12.0. The Hall–Kier alpha value is -8.94. The third kappa shape index (κ3) is 50.0. The van der Waals surface area contributed by atoms with E-state index in [-0.39, 0.29) is 130 Å².